The first-order valence-electron chi connectivity index (χ1n) is 6.97. The molecule has 0 atom stereocenters. The molecular formula is C18H16O6. The minimum absolute atomic E-state index is 0.0888. The summed E-state index contributed by atoms with van der Waals surface area (Å²) in [7, 11) is 2.79. The third-order valence-corrected chi connectivity index (χ3v) is 3.13. The molecule has 0 aliphatic heterocycles. The number of aldehydes is 1. The SMILES string of the molecule is COc1cc(C=O)cc(OC)c1OC(=O)/C=C/c1ccc(O)cc1. The van der Waals surface area contributed by atoms with Crippen molar-refractivity contribution in [3.63, 3.8) is 0 Å². The number of carbonyl (C=O) groups is 2. The van der Waals surface area contributed by atoms with E-state index in [-0.39, 0.29) is 23.0 Å². The molecule has 6 heteroatoms. The normalized spacial score (nSPS) is 10.4. The van der Waals surface area contributed by atoms with Crippen LogP contribution in [0.5, 0.6) is 23.0 Å². The summed E-state index contributed by atoms with van der Waals surface area (Å²) in [6, 6.07) is 9.21. The van der Waals surface area contributed by atoms with Crippen molar-refractivity contribution in [2.24, 2.45) is 0 Å². The van der Waals surface area contributed by atoms with E-state index in [0.717, 1.165) is 5.56 Å². The van der Waals surface area contributed by atoms with Gasteiger partial charge in [0.15, 0.2) is 11.5 Å². The summed E-state index contributed by atoms with van der Waals surface area (Å²) < 4.78 is 15.5. The number of benzene rings is 2. The predicted octanol–water partition coefficient (Wildman–Crippen LogP) is 2.84. The van der Waals surface area contributed by atoms with E-state index in [4.69, 9.17) is 14.2 Å². The Balaban J connectivity index is 2.21. The van der Waals surface area contributed by atoms with Crippen LogP contribution in [-0.4, -0.2) is 31.6 Å². The fourth-order valence-corrected chi connectivity index (χ4v) is 1.95. The molecule has 0 amide bonds. The monoisotopic (exact) mass is 328 g/mol. The minimum Gasteiger partial charge on any atom is -0.508 e. The Kier molecular flexibility index (Phi) is 5.57. The van der Waals surface area contributed by atoms with Crippen molar-refractivity contribution in [3.8, 4) is 23.0 Å². The highest BCUT2D eigenvalue weighted by atomic mass is 16.6. The Morgan fingerprint density at radius 3 is 2.08 bits per heavy atom. The van der Waals surface area contributed by atoms with Gasteiger partial charge in [0.05, 0.1) is 14.2 Å². The largest absolute Gasteiger partial charge is 0.508 e. The fraction of sp³-hybridized carbons (Fsp3) is 0.111. The molecule has 0 saturated carbocycles. The highest BCUT2D eigenvalue weighted by Gasteiger charge is 2.16. The van der Waals surface area contributed by atoms with Gasteiger partial charge in [0.2, 0.25) is 5.75 Å². The van der Waals surface area contributed by atoms with Crippen LogP contribution in [0.25, 0.3) is 6.08 Å². The van der Waals surface area contributed by atoms with Crippen LogP contribution in [-0.2, 0) is 4.79 Å². The zero-order valence-electron chi connectivity index (χ0n) is 13.2. The highest BCUT2D eigenvalue weighted by Crippen LogP contribution is 2.38. The number of esters is 1. The lowest BCUT2D eigenvalue weighted by Crippen LogP contribution is -2.07. The molecule has 6 nitrogen and oxygen atoms in total. The summed E-state index contributed by atoms with van der Waals surface area (Å²) in [6.45, 7) is 0. The molecule has 0 heterocycles. The van der Waals surface area contributed by atoms with E-state index in [1.54, 1.807) is 18.2 Å². The first-order chi connectivity index (χ1) is 11.6. The summed E-state index contributed by atoms with van der Waals surface area (Å²) in [5.41, 5.74) is 1.06. The van der Waals surface area contributed by atoms with Gasteiger partial charge >= 0.3 is 5.97 Å². The van der Waals surface area contributed by atoms with Crippen LogP contribution >= 0.6 is 0 Å². The van der Waals surface area contributed by atoms with Gasteiger partial charge in [-0.25, -0.2) is 4.79 Å². The van der Waals surface area contributed by atoms with E-state index >= 15 is 0 Å². The fourth-order valence-electron chi connectivity index (χ4n) is 1.95. The Labute approximate surface area is 138 Å². The molecule has 0 spiro atoms. The molecule has 0 aromatic heterocycles. The van der Waals surface area contributed by atoms with Crippen molar-refractivity contribution in [3.05, 3.63) is 53.6 Å². The summed E-state index contributed by atoms with van der Waals surface area (Å²) in [5.74, 6) is 0.00891. The topological polar surface area (TPSA) is 82.1 Å². The Bertz CT molecular complexity index is 737. The number of phenolic OH excluding ortho intramolecular Hbond substituents is 1. The molecule has 0 bridgehead atoms. The van der Waals surface area contributed by atoms with Gasteiger partial charge in [-0.05, 0) is 35.9 Å². The van der Waals surface area contributed by atoms with Crippen LogP contribution in [0.2, 0.25) is 0 Å². The molecule has 24 heavy (non-hydrogen) atoms. The molecule has 2 rings (SSSR count). The smallest absolute Gasteiger partial charge is 0.336 e. The van der Waals surface area contributed by atoms with Gasteiger partial charge in [-0.1, -0.05) is 12.1 Å². The van der Waals surface area contributed by atoms with E-state index in [1.165, 1.54) is 44.6 Å². The number of rotatable bonds is 6. The second-order valence-corrected chi connectivity index (χ2v) is 4.72. The Morgan fingerprint density at radius 1 is 1.00 bits per heavy atom. The van der Waals surface area contributed by atoms with E-state index in [0.29, 0.717) is 11.8 Å². The van der Waals surface area contributed by atoms with Gasteiger partial charge in [-0.15, -0.1) is 0 Å². The highest BCUT2D eigenvalue weighted by molar-refractivity contribution is 5.90. The number of methoxy groups -OCH3 is 2. The van der Waals surface area contributed by atoms with Crippen molar-refractivity contribution in [1.29, 1.82) is 0 Å². The van der Waals surface area contributed by atoms with Gasteiger partial charge in [-0.3, -0.25) is 4.79 Å². The zero-order chi connectivity index (χ0) is 17.5. The minimum atomic E-state index is -0.640. The van der Waals surface area contributed by atoms with E-state index in [2.05, 4.69) is 0 Å². The lowest BCUT2D eigenvalue weighted by molar-refractivity contribution is -0.129. The molecule has 0 saturated heterocycles. The average molecular weight is 328 g/mol. The summed E-state index contributed by atoms with van der Waals surface area (Å²) in [4.78, 5) is 22.9. The first-order valence-corrected chi connectivity index (χ1v) is 6.97. The van der Waals surface area contributed by atoms with Crippen molar-refractivity contribution in [1.82, 2.24) is 0 Å². The number of hydrogen-bond acceptors (Lipinski definition) is 6. The maximum atomic E-state index is 12.0. The van der Waals surface area contributed by atoms with Gasteiger partial charge in [-0.2, -0.15) is 0 Å². The number of carbonyl (C=O) groups excluding carboxylic acids is 2. The molecule has 2 aromatic rings. The maximum Gasteiger partial charge on any atom is 0.336 e. The van der Waals surface area contributed by atoms with Crippen molar-refractivity contribution in [2.45, 2.75) is 0 Å². The number of hydrogen-bond donors (Lipinski definition) is 1. The average Bonchev–Trinajstić information content (AvgIpc) is 2.61. The predicted molar refractivity (Wildman–Crippen MR) is 87.7 cm³/mol. The van der Waals surface area contributed by atoms with Crippen molar-refractivity contribution < 1.29 is 28.9 Å². The van der Waals surface area contributed by atoms with Crippen LogP contribution in [0.15, 0.2) is 42.5 Å². The maximum absolute atomic E-state index is 12.0. The van der Waals surface area contributed by atoms with Crippen molar-refractivity contribution >= 4 is 18.3 Å². The van der Waals surface area contributed by atoms with Gasteiger partial charge in [0.25, 0.3) is 0 Å². The second kappa shape index (κ2) is 7.82. The Morgan fingerprint density at radius 2 is 1.58 bits per heavy atom. The van der Waals surface area contributed by atoms with Crippen LogP contribution in [0.3, 0.4) is 0 Å². The van der Waals surface area contributed by atoms with E-state index in [9.17, 15) is 14.7 Å². The summed E-state index contributed by atoms with van der Waals surface area (Å²) in [5, 5.41) is 9.22. The van der Waals surface area contributed by atoms with Gasteiger partial charge in [0.1, 0.15) is 12.0 Å². The van der Waals surface area contributed by atoms with Crippen LogP contribution in [0.4, 0.5) is 0 Å². The molecule has 0 aliphatic carbocycles. The van der Waals surface area contributed by atoms with Gasteiger partial charge < -0.3 is 19.3 Å². The van der Waals surface area contributed by atoms with Crippen LogP contribution in [0.1, 0.15) is 15.9 Å². The van der Waals surface area contributed by atoms with Crippen LogP contribution < -0.4 is 14.2 Å². The molecule has 1 N–H and O–H groups in total. The molecule has 0 radical (unpaired) electrons. The lowest BCUT2D eigenvalue weighted by atomic mass is 10.2. The third kappa shape index (κ3) is 4.13. The summed E-state index contributed by atoms with van der Waals surface area (Å²) >= 11 is 0. The summed E-state index contributed by atoms with van der Waals surface area (Å²) in [6.07, 6.45) is 3.42. The molecular weight excluding hydrogens is 312 g/mol. The molecule has 0 unspecified atom stereocenters. The number of ether oxygens (including phenoxy) is 3. The second-order valence-electron chi connectivity index (χ2n) is 4.72. The number of aromatic hydroxyl groups is 1. The standard InChI is InChI=1S/C18H16O6/c1-22-15-9-13(11-19)10-16(23-2)18(15)24-17(21)8-5-12-3-6-14(20)7-4-12/h3-11,20H,1-2H3/b8-5+. The number of phenols is 1. The lowest BCUT2D eigenvalue weighted by Gasteiger charge is -2.12. The van der Waals surface area contributed by atoms with E-state index in [1.807, 2.05) is 0 Å². The van der Waals surface area contributed by atoms with Crippen LogP contribution in [0, 0.1) is 0 Å². The zero-order valence-corrected chi connectivity index (χ0v) is 13.2. The molecule has 0 fully saturated rings. The third-order valence-electron chi connectivity index (χ3n) is 3.13. The van der Waals surface area contributed by atoms with E-state index < -0.39 is 5.97 Å². The Hall–Kier alpha value is -3.28. The first kappa shape index (κ1) is 17.1. The van der Waals surface area contributed by atoms with Gasteiger partial charge in [0, 0.05) is 11.6 Å². The molecule has 2 aromatic carbocycles. The molecule has 124 valence electrons. The molecule has 0 aliphatic rings. The van der Waals surface area contributed by atoms with Crippen molar-refractivity contribution in [2.75, 3.05) is 14.2 Å². The quantitative estimate of drug-likeness (QED) is 0.380.